The molecule has 2 aromatic carbocycles. The molecule has 0 aliphatic heterocycles. The van der Waals surface area contributed by atoms with Crippen LogP contribution in [-0.4, -0.2) is 38.1 Å². The van der Waals surface area contributed by atoms with E-state index in [0.29, 0.717) is 15.3 Å². The van der Waals surface area contributed by atoms with E-state index < -0.39 is 56.4 Å². The van der Waals surface area contributed by atoms with Crippen molar-refractivity contribution in [1.82, 2.24) is 19.7 Å². The van der Waals surface area contributed by atoms with Gasteiger partial charge in [-0.15, -0.1) is 5.10 Å². The minimum atomic E-state index is -4.53. The van der Waals surface area contributed by atoms with E-state index in [4.69, 9.17) is 11.6 Å². The first kappa shape index (κ1) is 26.4. The molecule has 0 aliphatic rings. The van der Waals surface area contributed by atoms with Gasteiger partial charge in [0.2, 0.25) is 5.91 Å². The van der Waals surface area contributed by atoms with Gasteiger partial charge in [0.1, 0.15) is 6.54 Å². The van der Waals surface area contributed by atoms with Gasteiger partial charge in [-0.25, -0.2) is 18.3 Å². The summed E-state index contributed by atoms with van der Waals surface area (Å²) in [4.78, 5) is 25.4. The average molecular weight is 519 g/mol. The first-order chi connectivity index (χ1) is 16.5. The summed E-state index contributed by atoms with van der Waals surface area (Å²) in [5.41, 5.74) is -0.731. The average Bonchev–Trinajstić information content (AvgIpc) is 3.11. The minimum Gasteiger partial charge on any atom is -0.394 e. The zero-order chi connectivity index (χ0) is 25.8. The number of nitrogens with zero attached hydrogens (tertiary/aromatic N) is 3. The highest BCUT2D eigenvalue weighted by Gasteiger charge is 2.29. The monoisotopic (exact) mass is 518 g/mol. The van der Waals surface area contributed by atoms with Crippen molar-refractivity contribution in [3.8, 4) is 11.4 Å². The molecule has 3 aromatic rings. The quantitative estimate of drug-likeness (QED) is 0.417. The van der Waals surface area contributed by atoms with Gasteiger partial charge < -0.3 is 10.4 Å². The molecule has 0 saturated heterocycles. The lowest BCUT2D eigenvalue weighted by molar-refractivity contribution is -0.136. The number of hydrogen-bond donors (Lipinski definition) is 2. The third-order valence-corrected chi connectivity index (χ3v) is 5.27. The predicted molar refractivity (Wildman–Crippen MR) is 117 cm³/mol. The summed E-state index contributed by atoms with van der Waals surface area (Å²) < 4.78 is 65.9. The van der Waals surface area contributed by atoms with E-state index >= 15 is 0 Å². The number of rotatable bonds is 9. The highest BCUT2D eigenvalue weighted by molar-refractivity contribution is 6.30. The highest BCUT2D eigenvalue weighted by Crippen LogP contribution is 2.24. The van der Waals surface area contributed by atoms with E-state index in [-0.39, 0.29) is 17.0 Å². The van der Waals surface area contributed by atoms with Crippen LogP contribution in [0.4, 0.5) is 22.0 Å². The topological polar surface area (TPSA) is 89.2 Å². The van der Waals surface area contributed by atoms with Gasteiger partial charge in [0, 0.05) is 22.7 Å². The number of carbonyl (C=O) groups is 1. The van der Waals surface area contributed by atoms with Gasteiger partial charge in [-0.05, 0) is 35.9 Å². The van der Waals surface area contributed by atoms with Crippen LogP contribution in [0, 0.1) is 0 Å². The molecule has 3 rings (SSSR count). The fourth-order valence-corrected chi connectivity index (χ4v) is 3.44. The van der Waals surface area contributed by atoms with Gasteiger partial charge in [0.15, 0.2) is 5.82 Å². The van der Waals surface area contributed by atoms with Crippen LogP contribution >= 0.6 is 11.6 Å². The third kappa shape index (κ3) is 6.89. The maximum Gasteiger partial charge on any atom is 0.390 e. The van der Waals surface area contributed by atoms with Crippen molar-refractivity contribution in [2.75, 3.05) is 6.61 Å². The molecule has 1 heterocycles. The van der Waals surface area contributed by atoms with Crippen molar-refractivity contribution in [1.29, 1.82) is 0 Å². The first-order valence-electron chi connectivity index (χ1n) is 10.3. The van der Waals surface area contributed by atoms with E-state index in [9.17, 15) is 36.6 Å². The van der Waals surface area contributed by atoms with E-state index in [2.05, 4.69) is 10.4 Å². The number of alkyl halides is 5. The zero-order valence-corrected chi connectivity index (χ0v) is 18.7. The molecule has 13 heteroatoms. The Kier molecular flexibility index (Phi) is 8.28. The number of halogens is 6. The van der Waals surface area contributed by atoms with E-state index in [1.807, 2.05) is 0 Å². The Morgan fingerprint density at radius 1 is 1.11 bits per heavy atom. The Hall–Kier alpha value is -3.25. The van der Waals surface area contributed by atoms with Crippen molar-refractivity contribution in [3.63, 3.8) is 0 Å². The summed E-state index contributed by atoms with van der Waals surface area (Å²) in [6.45, 7) is -2.02. The van der Waals surface area contributed by atoms with Crippen molar-refractivity contribution >= 4 is 17.5 Å². The summed E-state index contributed by atoms with van der Waals surface area (Å²) in [7, 11) is 0. The second kappa shape index (κ2) is 11.0. The fraction of sp³-hybridized carbons (Fsp3) is 0.318. The van der Waals surface area contributed by atoms with Gasteiger partial charge in [-0.1, -0.05) is 29.8 Å². The Bertz CT molecular complexity index is 1230. The lowest BCUT2D eigenvalue weighted by atomic mass is 10.0. The second-order valence-corrected chi connectivity index (χ2v) is 8.00. The number of amides is 1. The molecule has 0 radical (unpaired) electrons. The van der Waals surface area contributed by atoms with Crippen LogP contribution in [0.5, 0.6) is 0 Å². The standard InChI is InChI=1S/C22H20ClF5N4O3/c23-16-6-4-13(5-7-16)20-30-32(21(35)31(20)9-8-22(26,27)28)11-18(34)29-17(12-33)14-2-1-3-15(10-14)19(24)25/h1-7,10,17,19,33H,8-9,11-12H2,(H,29,34). The normalized spacial score (nSPS) is 12.7. The van der Waals surface area contributed by atoms with Crippen LogP contribution in [-0.2, 0) is 17.9 Å². The van der Waals surface area contributed by atoms with Gasteiger partial charge in [0.25, 0.3) is 6.43 Å². The number of benzene rings is 2. The number of nitrogens with one attached hydrogen (secondary N) is 1. The number of carbonyl (C=O) groups excluding carboxylic acids is 1. The van der Waals surface area contributed by atoms with Crippen LogP contribution < -0.4 is 11.0 Å². The van der Waals surface area contributed by atoms with Crippen molar-refractivity contribution in [2.24, 2.45) is 0 Å². The largest absolute Gasteiger partial charge is 0.394 e. The van der Waals surface area contributed by atoms with E-state index in [0.717, 1.165) is 10.6 Å². The number of aromatic nitrogens is 3. The van der Waals surface area contributed by atoms with E-state index in [1.54, 1.807) is 0 Å². The molecule has 1 atom stereocenters. The number of hydrogen-bond acceptors (Lipinski definition) is 4. The molecule has 0 saturated carbocycles. The molecule has 35 heavy (non-hydrogen) atoms. The maximum absolute atomic E-state index is 13.0. The Morgan fingerprint density at radius 3 is 2.37 bits per heavy atom. The lowest BCUT2D eigenvalue weighted by Gasteiger charge is -2.17. The summed E-state index contributed by atoms with van der Waals surface area (Å²) >= 11 is 5.85. The summed E-state index contributed by atoms with van der Waals surface area (Å²) in [6, 6.07) is 9.92. The molecule has 0 spiro atoms. The molecule has 0 aliphatic carbocycles. The molecule has 1 amide bonds. The van der Waals surface area contributed by atoms with Gasteiger partial charge in [0.05, 0.1) is 19.1 Å². The molecular weight excluding hydrogens is 499 g/mol. The van der Waals surface area contributed by atoms with Gasteiger partial charge in [-0.2, -0.15) is 13.2 Å². The molecule has 0 fully saturated rings. The predicted octanol–water partition coefficient (Wildman–Crippen LogP) is 4.11. The molecule has 1 unspecified atom stereocenters. The fourth-order valence-electron chi connectivity index (χ4n) is 3.32. The summed E-state index contributed by atoms with van der Waals surface area (Å²) in [5.74, 6) is -0.899. The SMILES string of the molecule is O=C(Cn1nc(-c2ccc(Cl)cc2)n(CCC(F)(F)F)c1=O)NC(CO)c1cccc(C(F)F)c1. The Morgan fingerprint density at radius 2 is 1.77 bits per heavy atom. The van der Waals surface area contributed by atoms with Crippen molar-refractivity contribution < 1.29 is 31.9 Å². The van der Waals surface area contributed by atoms with Gasteiger partial charge >= 0.3 is 11.9 Å². The number of aliphatic hydroxyl groups excluding tert-OH is 1. The van der Waals surface area contributed by atoms with E-state index in [1.165, 1.54) is 42.5 Å². The maximum atomic E-state index is 13.0. The second-order valence-electron chi connectivity index (χ2n) is 7.56. The minimum absolute atomic E-state index is 0.0907. The Balaban J connectivity index is 1.85. The molecule has 1 aromatic heterocycles. The molecule has 2 N–H and O–H groups in total. The third-order valence-electron chi connectivity index (χ3n) is 5.02. The lowest BCUT2D eigenvalue weighted by Crippen LogP contribution is -2.37. The van der Waals surface area contributed by atoms with Crippen molar-refractivity contribution in [2.45, 2.75) is 38.2 Å². The van der Waals surface area contributed by atoms with Crippen LogP contribution in [0.1, 0.15) is 30.0 Å². The zero-order valence-electron chi connectivity index (χ0n) is 18.0. The van der Waals surface area contributed by atoms with Crippen molar-refractivity contribution in [3.05, 3.63) is 75.2 Å². The van der Waals surface area contributed by atoms with Crippen LogP contribution in [0.3, 0.4) is 0 Å². The molecule has 188 valence electrons. The molecular formula is C22H20ClF5N4O3. The highest BCUT2D eigenvalue weighted by atomic mass is 35.5. The summed E-state index contributed by atoms with van der Waals surface area (Å²) in [6.07, 6.45) is -8.58. The van der Waals surface area contributed by atoms with Gasteiger partial charge in [-0.3, -0.25) is 9.36 Å². The Labute approximate surface area is 200 Å². The van der Waals surface area contributed by atoms with Crippen LogP contribution in [0.15, 0.2) is 53.3 Å². The smallest absolute Gasteiger partial charge is 0.390 e. The molecule has 0 bridgehead atoms. The van der Waals surface area contributed by atoms with Crippen LogP contribution in [0.2, 0.25) is 5.02 Å². The van der Waals surface area contributed by atoms with Crippen LogP contribution in [0.25, 0.3) is 11.4 Å². The molecule has 7 nitrogen and oxygen atoms in total. The number of aliphatic hydroxyl groups is 1. The summed E-state index contributed by atoms with van der Waals surface area (Å²) in [5, 5.41) is 16.4. The first-order valence-corrected chi connectivity index (χ1v) is 10.6.